The molecule has 2 aromatic rings. The first-order chi connectivity index (χ1) is 8.19. The summed E-state index contributed by atoms with van der Waals surface area (Å²) in [4.78, 5) is 4.02. The lowest BCUT2D eigenvalue weighted by molar-refractivity contribution is 0.368. The number of hydrogen-bond donors (Lipinski definition) is 0. The Kier molecular flexibility index (Phi) is 3.58. The zero-order valence-corrected chi connectivity index (χ0v) is 10.6. The predicted molar refractivity (Wildman–Crippen MR) is 65.0 cm³/mol. The van der Waals surface area contributed by atoms with E-state index >= 15 is 0 Å². The Morgan fingerprint density at radius 2 is 2.12 bits per heavy atom. The van der Waals surface area contributed by atoms with E-state index in [1.165, 1.54) is 19.2 Å². The minimum atomic E-state index is -0.385. The van der Waals surface area contributed by atoms with Crippen LogP contribution in [0.4, 0.5) is 4.39 Å². The molecule has 0 spiro atoms. The van der Waals surface area contributed by atoms with Crippen molar-refractivity contribution in [3.63, 3.8) is 0 Å². The highest BCUT2D eigenvalue weighted by Crippen LogP contribution is 2.30. The van der Waals surface area contributed by atoms with Crippen LogP contribution in [0.1, 0.15) is 0 Å². The van der Waals surface area contributed by atoms with Gasteiger partial charge in [-0.15, -0.1) is 0 Å². The number of ether oxygens (including phenoxy) is 2. The molecule has 1 aromatic heterocycles. The number of halogens is 2. The summed E-state index contributed by atoms with van der Waals surface area (Å²) in [7, 11) is 1.52. The summed E-state index contributed by atoms with van der Waals surface area (Å²) < 4.78 is 24.3. The molecule has 3 nitrogen and oxygen atoms in total. The van der Waals surface area contributed by atoms with Crippen LogP contribution < -0.4 is 9.47 Å². The van der Waals surface area contributed by atoms with E-state index in [0.717, 1.165) is 0 Å². The summed E-state index contributed by atoms with van der Waals surface area (Å²) >= 11 is 3.19. The Morgan fingerprint density at radius 3 is 2.82 bits per heavy atom. The molecule has 17 heavy (non-hydrogen) atoms. The van der Waals surface area contributed by atoms with Gasteiger partial charge in [0, 0.05) is 16.7 Å². The summed E-state index contributed by atoms with van der Waals surface area (Å²) in [6.45, 7) is 0. The molecule has 0 aliphatic rings. The van der Waals surface area contributed by atoms with Gasteiger partial charge in [-0.05, 0) is 24.3 Å². The van der Waals surface area contributed by atoms with Gasteiger partial charge in [-0.1, -0.05) is 15.9 Å². The third kappa shape index (κ3) is 2.94. The first kappa shape index (κ1) is 11.9. The maximum atomic E-state index is 13.2. The van der Waals surface area contributed by atoms with Gasteiger partial charge in [0.15, 0.2) is 5.75 Å². The molecular weight excluding hydrogens is 289 g/mol. The van der Waals surface area contributed by atoms with Crippen LogP contribution in [-0.2, 0) is 0 Å². The van der Waals surface area contributed by atoms with Crippen LogP contribution >= 0.6 is 15.9 Å². The van der Waals surface area contributed by atoms with E-state index < -0.39 is 0 Å². The molecule has 0 fully saturated rings. The molecule has 0 radical (unpaired) electrons. The van der Waals surface area contributed by atoms with Gasteiger partial charge in [0.1, 0.15) is 11.6 Å². The van der Waals surface area contributed by atoms with Crippen molar-refractivity contribution < 1.29 is 13.9 Å². The van der Waals surface area contributed by atoms with Crippen LogP contribution in [0.25, 0.3) is 0 Å². The van der Waals surface area contributed by atoms with Crippen molar-refractivity contribution in [1.82, 2.24) is 4.98 Å². The fraction of sp³-hybridized carbons (Fsp3) is 0.0833. The van der Waals surface area contributed by atoms with E-state index in [1.807, 2.05) is 0 Å². The molecule has 88 valence electrons. The van der Waals surface area contributed by atoms with Crippen LogP contribution in [0.3, 0.4) is 0 Å². The Labute approximate surface area is 106 Å². The van der Waals surface area contributed by atoms with Gasteiger partial charge in [-0.2, -0.15) is 0 Å². The third-order valence-electron chi connectivity index (χ3n) is 2.01. The number of hydrogen-bond acceptors (Lipinski definition) is 3. The predicted octanol–water partition coefficient (Wildman–Crippen LogP) is 3.78. The van der Waals surface area contributed by atoms with Crippen LogP contribution in [0, 0.1) is 5.82 Å². The maximum Gasteiger partial charge on any atom is 0.262 e. The molecule has 1 aromatic carbocycles. The number of benzene rings is 1. The Bertz CT molecular complexity index is 513. The fourth-order valence-corrected chi connectivity index (χ4v) is 1.75. The standard InChI is InChI=1S/C12H9BrFNO2/c1-16-11-3-2-4-15-12(11)17-10-6-8(13)5-9(14)7-10/h2-7H,1H3. The van der Waals surface area contributed by atoms with Crippen LogP contribution in [-0.4, -0.2) is 12.1 Å². The summed E-state index contributed by atoms with van der Waals surface area (Å²) in [5, 5.41) is 0. The topological polar surface area (TPSA) is 31.4 Å². The van der Waals surface area contributed by atoms with E-state index in [-0.39, 0.29) is 5.82 Å². The molecule has 1 heterocycles. The molecule has 0 saturated heterocycles. The van der Waals surface area contributed by atoms with Gasteiger partial charge in [-0.3, -0.25) is 0 Å². The van der Waals surface area contributed by atoms with E-state index in [2.05, 4.69) is 20.9 Å². The Balaban J connectivity index is 2.31. The SMILES string of the molecule is COc1cccnc1Oc1cc(F)cc(Br)c1. The van der Waals surface area contributed by atoms with Crippen LogP contribution in [0.5, 0.6) is 17.4 Å². The largest absolute Gasteiger partial charge is 0.491 e. The van der Waals surface area contributed by atoms with Crippen molar-refractivity contribution in [3.8, 4) is 17.4 Å². The molecule has 0 aliphatic heterocycles. The summed E-state index contributed by atoms with van der Waals surface area (Å²) in [5.41, 5.74) is 0. The summed E-state index contributed by atoms with van der Waals surface area (Å²) in [6.07, 6.45) is 1.58. The lowest BCUT2D eigenvalue weighted by atomic mass is 10.3. The van der Waals surface area contributed by atoms with Crippen molar-refractivity contribution >= 4 is 15.9 Å². The van der Waals surface area contributed by atoms with Gasteiger partial charge < -0.3 is 9.47 Å². The van der Waals surface area contributed by atoms with E-state index in [4.69, 9.17) is 9.47 Å². The molecule has 0 amide bonds. The van der Waals surface area contributed by atoms with Gasteiger partial charge in [0.05, 0.1) is 7.11 Å². The van der Waals surface area contributed by atoms with E-state index in [0.29, 0.717) is 21.9 Å². The number of pyridine rings is 1. The Hall–Kier alpha value is -1.62. The highest BCUT2D eigenvalue weighted by molar-refractivity contribution is 9.10. The molecule has 0 N–H and O–H groups in total. The first-order valence-corrected chi connectivity index (χ1v) is 5.61. The second-order valence-corrected chi connectivity index (χ2v) is 4.13. The van der Waals surface area contributed by atoms with Gasteiger partial charge in [0.2, 0.25) is 0 Å². The number of rotatable bonds is 3. The molecule has 0 aliphatic carbocycles. The highest BCUT2D eigenvalue weighted by atomic mass is 79.9. The molecule has 0 saturated carbocycles. The lowest BCUT2D eigenvalue weighted by Crippen LogP contribution is -1.93. The monoisotopic (exact) mass is 297 g/mol. The van der Waals surface area contributed by atoms with Crippen LogP contribution in [0.15, 0.2) is 41.0 Å². The van der Waals surface area contributed by atoms with Gasteiger partial charge >= 0.3 is 0 Å². The van der Waals surface area contributed by atoms with Crippen molar-refractivity contribution in [1.29, 1.82) is 0 Å². The number of nitrogens with zero attached hydrogens (tertiary/aromatic N) is 1. The van der Waals surface area contributed by atoms with Gasteiger partial charge in [0.25, 0.3) is 5.88 Å². The smallest absolute Gasteiger partial charge is 0.262 e. The van der Waals surface area contributed by atoms with Gasteiger partial charge in [-0.25, -0.2) is 9.37 Å². The minimum Gasteiger partial charge on any atom is -0.491 e. The van der Waals surface area contributed by atoms with Crippen LogP contribution in [0.2, 0.25) is 0 Å². The second-order valence-electron chi connectivity index (χ2n) is 3.22. The molecule has 0 unspecified atom stereocenters. The van der Waals surface area contributed by atoms with Crippen molar-refractivity contribution in [3.05, 3.63) is 46.8 Å². The zero-order valence-electron chi connectivity index (χ0n) is 8.98. The quantitative estimate of drug-likeness (QED) is 0.864. The molecule has 2 rings (SSSR count). The average molecular weight is 298 g/mol. The number of methoxy groups -OCH3 is 1. The highest BCUT2D eigenvalue weighted by Gasteiger charge is 2.07. The van der Waals surface area contributed by atoms with Crippen molar-refractivity contribution in [2.45, 2.75) is 0 Å². The second kappa shape index (κ2) is 5.14. The zero-order chi connectivity index (χ0) is 12.3. The molecule has 0 bridgehead atoms. The molecule has 5 heteroatoms. The third-order valence-corrected chi connectivity index (χ3v) is 2.46. The minimum absolute atomic E-state index is 0.299. The fourth-order valence-electron chi connectivity index (χ4n) is 1.31. The van der Waals surface area contributed by atoms with Crippen molar-refractivity contribution in [2.24, 2.45) is 0 Å². The summed E-state index contributed by atoms with van der Waals surface area (Å²) in [6, 6.07) is 7.72. The summed E-state index contributed by atoms with van der Waals surface area (Å²) in [5.74, 6) is 0.763. The van der Waals surface area contributed by atoms with E-state index in [1.54, 1.807) is 24.4 Å². The Morgan fingerprint density at radius 1 is 1.29 bits per heavy atom. The maximum absolute atomic E-state index is 13.2. The first-order valence-electron chi connectivity index (χ1n) is 4.82. The normalized spacial score (nSPS) is 10.1. The number of aromatic nitrogens is 1. The van der Waals surface area contributed by atoms with Crippen molar-refractivity contribution in [2.75, 3.05) is 7.11 Å². The lowest BCUT2D eigenvalue weighted by Gasteiger charge is -2.08. The van der Waals surface area contributed by atoms with E-state index in [9.17, 15) is 4.39 Å². The molecule has 0 atom stereocenters. The molecular formula is C12H9BrFNO2. The average Bonchev–Trinajstić information content (AvgIpc) is 2.28.